The molecule has 3 rings (SSSR count). The SMILES string of the molecule is O=C(C[C@@H]1C[C@H]2CNC[C@H]2O1)N1CCC1. The van der Waals surface area contributed by atoms with Crippen molar-refractivity contribution in [3.05, 3.63) is 0 Å². The number of hydrogen-bond donors (Lipinski definition) is 1. The molecule has 4 heteroatoms. The molecule has 3 heterocycles. The number of nitrogens with zero attached hydrogens (tertiary/aromatic N) is 1. The number of fused-ring (bicyclic) bond motifs is 1. The summed E-state index contributed by atoms with van der Waals surface area (Å²) in [7, 11) is 0. The summed E-state index contributed by atoms with van der Waals surface area (Å²) in [5.74, 6) is 0.943. The fraction of sp³-hybridized carbons (Fsp3) is 0.909. The van der Waals surface area contributed by atoms with Crippen LogP contribution in [-0.4, -0.2) is 49.2 Å². The molecule has 0 aromatic heterocycles. The summed E-state index contributed by atoms with van der Waals surface area (Å²) < 4.78 is 5.86. The smallest absolute Gasteiger partial charge is 0.225 e. The highest BCUT2D eigenvalue weighted by Crippen LogP contribution is 2.31. The lowest BCUT2D eigenvalue weighted by molar-refractivity contribution is -0.137. The number of likely N-dealkylation sites (tertiary alicyclic amines) is 1. The van der Waals surface area contributed by atoms with E-state index in [1.54, 1.807) is 0 Å². The summed E-state index contributed by atoms with van der Waals surface area (Å²) in [5.41, 5.74) is 0. The number of ether oxygens (including phenoxy) is 1. The molecule has 15 heavy (non-hydrogen) atoms. The van der Waals surface area contributed by atoms with E-state index in [1.807, 2.05) is 4.90 Å². The second-order valence-electron chi connectivity index (χ2n) is 4.89. The van der Waals surface area contributed by atoms with Crippen molar-refractivity contribution >= 4 is 5.91 Å². The standard InChI is InChI=1S/C11H18N2O2/c14-11(13-2-1-3-13)5-9-4-8-6-12-7-10(8)15-9/h8-10,12H,1-7H2/t8-,9-,10+/m0/s1. The van der Waals surface area contributed by atoms with E-state index in [0.29, 0.717) is 24.3 Å². The molecule has 0 unspecified atom stereocenters. The van der Waals surface area contributed by atoms with Gasteiger partial charge in [0.25, 0.3) is 0 Å². The van der Waals surface area contributed by atoms with Crippen LogP contribution in [0.4, 0.5) is 0 Å². The maximum Gasteiger partial charge on any atom is 0.225 e. The molecule has 0 radical (unpaired) electrons. The van der Waals surface area contributed by atoms with E-state index in [2.05, 4.69) is 5.32 Å². The van der Waals surface area contributed by atoms with Crippen LogP contribution >= 0.6 is 0 Å². The summed E-state index contributed by atoms with van der Waals surface area (Å²) in [6.45, 7) is 3.96. The van der Waals surface area contributed by atoms with E-state index < -0.39 is 0 Å². The molecule has 3 aliphatic heterocycles. The van der Waals surface area contributed by atoms with Crippen LogP contribution in [0.25, 0.3) is 0 Å². The summed E-state index contributed by atoms with van der Waals surface area (Å²) in [6, 6.07) is 0. The van der Waals surface area contributed by atoms with Crippen molar-refractivity contribution in [2.75, 3.05) is 26.2 Å². The Labute approximate surface area is 90.0 Å². The van der Waals surface area contributed by atoms with Crippen LogP contribution in [0.1, 0.15) is 19.3 Å². The van der Waals surface area contributed by atoms with E-state index in [0.717, 1.165) is 32.6 Å². The molecular formula is C11H18N2O2. The number of hydrogen-bond acceptors (Lipinski definition) is 3. The Balaban J connectivity index is 1.50. The van der Waals surface area contributed by atoms with Gasteiger partial charge in [-0.25, -0.2) is 0 Å². The first-order chi connectivity index (χ1) is 7.33. The lowest BCUT2D eigenvalue weighted by Gasteiger charge is -2.31. The van der Waals surface area contributed by atoms with Gasteiger partial charge in [0, 0.05) is 32.1 Å². The molecule has 0 aromatic rings. The second kappa shape index (κ2) is 3.76. The molecule has 3 fully saturated rings. The molecule has 0 aliphatic carbocycles. The van der Waals surface area contributed by atoms with Crippen LogP contribution < -0.4 is 5.32 Å². The Kier molecular flexibility index (Phi) is 2.41. The zero-order valence-electron chi connectivity index (χ0n) is 8.95. The molecule has 4 nitrogen and oxygen atoms in total. The molecule has 84 valence electrons. The van der Waals surface area contributed by atoms with Gasteiger partial charge < -0.3 is 15.0 Å². The molecule has 0 aromatic carbocycles. The first kappa shape index (κ1) is 9.60. The van der Waals surface area contributed by atoms with E-state index in [4.69, 9.17) is 4.74 Å². The minimum absolute atomic E-state index is 0.190. The van der Waals surface area contributed by atoms with Crippen molar-refractivity contribution < 1.29 is 9.53 Å². The zero-order chi connectivity index (χ0) is 10.3. The Bertz CT molecular complexity index is 253. The van der Waals surface area contributed by atoms with E-state index in [1.165, 1.54) is 6.42 Å². The monoisotopic (exact) mass is 210 g/mol. The van der Waals surface area contributed by atoms with Gasteiger partial charge in [-0.1, -0.05) is 0 Å². The van der Waals surface area contributed by atoms with Gasteiger partial charge in [-0.05, 0) is 12.8 Å². The third-order valence-corrected chi connectivity index (χ3v) is 3.82. The van der Waals surface area contributed by atoms with E-state index in [-0.39, 0.29) is 6.10 Å². The highest BCUT2D eigenvalue weighted by molar-refractivity contribution is 5.77. The van der Waals surface area contributed by atoms with Crippen LogP contribution in [-0.2, 0) is 9.53 Å². The molecule has 3 saturated heterocycles. The maximum atomic E-state index is 11.7. The summed E-state index contributed by atoms with van der Waals surface area (Å²) >= 11 is 0. The van der Waals surface area contributed by atoms with Gasteiger partial charge in [-0.3, -0.25) is 4.79 Å². The van der Waals surface area contributed by atoms with Crippen molar-refractivity contribution in [1.29, 1.82) is 0 Å². The fourth-order valence-electron chi connectivity index (χ4n) is 2.76. The van der Waals surface area contributed by atoms with Gasteiger partial charge in [0.1, 0.15) is 0 Å². The number of nitrogens with one attached hydrogen (secondary N) is 1. The lowest BCUT2D eigenvalue weighted by Crippen LogP contribution is -2.43. The average Bonchev–Trinajstić information content (AvgIpc) is 2.58. The number of carbonyl (C=O) groups is 1. The number of rotatable bonds is 2. The molecular weight excluding hydrogens is 192 g/mol. The van der Waals surface area contributed by atoms with Gasteiger partial charge in [-0.15, -0.1) is 0 Å². The fourth-order valence-corrected chi connectivity index (χ4v) is 2.76. The molecule has 3 aliphatic rings. The highest BCUT2D eigenvalue weighted by Gasteiger charge is 2.39. The second-order valence-corrected chi connectivity index (χ2v) is 4.89. The molecule has 1 amide bonds. The van der Waals surface area contributed by atoms with Crippen LogP contribution in [0.2, 0.25) is 0 Å². The average molecular weight is 210 g/mol. The van der Waals surface area contributed by atoms with Gasteiger partial charge in [0.05, 0.1) is 18.6 Å². The summed E-state index contributed by atoms with van der Waals surface area (Å²) in [6.07, 6.45) is 3.41. The third kappa shape index (κ3) is 1.76. The normalized spacial score (nSPS) is 38.9. The number of amides is 1. The van der Waals surface area contributed by atoms with Crippen LogP contribution in [0.5, 0.6) is 0 Å². The minimum Gasteiger partial charge on any atom is -0.373 e. The Morgan fingerprint density at radius 3 is 2.93 bits per heavy atom. The van der Waals surface area contributed by atoms with Crippen molar-refractivity contribution in [1.82, 2.24) is 10.2 Å². The third-order valence-electron chi connectivity index (χ3n) is 3.82. The van der Waals surface area contributed by atoms with Crippen LogP contribution in [0.15, 0.2) is 0 Å². The Morgan fingerprint density at radius 2 is 2.27 bits per heavy atom. The Hall–Kier alpha value is -0.610. The first-order valence-electron chi connectivity index (χ1n) is 5.97. The molecule has 1 N–H and O–H groups in total. The lowest BCUT2D eigenvalue weighted by atomic mass is 10.0. The predicted molar refractivity (Wildman–Crippen MR) is 55.5 cm³/mol. The van der Waals surface area contributed by atoms with Crippen LogP contribution in [0, 0.1) is 5.92 Å². The van der Waals surface area contributed by atoms with Crippen molar-refractivity contribution in [3.63, 3.8) is 0 Å². The topological polar surface area (TPSA) is 41.6 Å². The quantitative estimate of drug-likeness (QED) is 0.697. The molecule has 3 atom stereocenters. The molecule has 0 saturated carbocycles. The van der Waals surface area contributed by atoms with Gasteiger partial charge in [-0.2, -0.15) is 0 Å². The van der Waals surface area contributed by atoms with Crippen molar-refractivity contribution in [2.24, 2.45) is 5.92 Å². The summed E-state index contributed by atoms with van der Waals surface area (Å²) in [4.78, 5) is 13.7. The number of carbonyl (C=O) groups excluding carboxylic acids is 1. The largest absolute Gasteiger partial charge is 0.373 e. The zero-order valence-corrected chi connectivity index (χ0v) is 8.95. The Morgan fingerprint density at radius 1 is 1.40 bits per heavy atom. The van der Waals surface area contributed by atoms with Crippen LogP contribution in [0.3, 0.4) is 0 Å². The molecule has 0 spiro atoms. The first-order valence-corrected chi connectivity index (χ1v) is 5.97. The predicted octanol–water partition coefficient (Wildman–Crippen LogP) is -0.0143. The van der Waals surface area contributed by atoms with Gasteiger partial charge >= 0.3 is 0 Å². The highest BCUT2D eigenvalue weighted by atomic mass is 16.5. The minimum atomic E-state index is 0.190. The summed E-state index contributed by atoms with van der Waals surface area (Å²) in [5, 5.41) is 3.32. The maximum absolute atomic E-state index is 11.7. The van der Waals surface area contributed by atoms with Crippen molar-refractivity contribution in [3.8, 4) is 0 Å². The van der Waals surface area contributed by atoms with Gasteiger partial charge in [0.2, 0.25) is 5.91 Å². The van der Waals surface area contributed by atoms with E-state index >= 15 is 0 Å². The molecule has 0 bridgehead atoms. The van der Waals surface area contributed by atoms with Gasteiger partial charge in [0.15, 0.2) is 0 Å². The van der Waals surface area contributed by atoms with E-state index in [9.17, 15) is 4.79 Å². The van der Waals surface area contributed by atoms with Crippen molar-refractivity contribution in [2.45, 2.75) is 31.5 Å².